The molecule has 0 aromatic heterocycles. The lowest BCUT2D eigenvalue weighted by molar-refractivity contribution is -0.117. The quantitative estimate of drug-likeness (QED) is 0.785. The van der Waals surface area contributed by atoms with Gasteiger partial charge in [-0.05, 0) is 24.6 Å². The molecule has 1 heterocycles. The van der Waals surface area contributed by atoms with Crippen molar-refractivity contribution < 1.29 is 17.9 Å². The number of nitrogens with zero attached hydrogens (tertiary/aromatic N) is 1. The number of hydrogen-bond donors (Lipinski definition) is 0. The average Bonchev–Trinajstić information content (AvgIpc) is 2.35. The summed E-state index contributed by atoms with van der Waals surface area (Å²) in [5, 5.41) is 0. The summed E-state index contributed by atoms with van der Waals surface area (Å²) in [7, 11) is 1.49. The zero-order chi connectivity index (χ0) is 14.2. The maximum absolute atomic E-state index is 11.7. The molecule has 1 atom stereocenters. The average molecular weight is 304 g/mol. The van der Waals surface area contributed by atoms with Gasteiger partial charge in [-0.2, -0.15) is 0 Å². The summed E-state index contributed by atoms with van der Waals surface area (Å²) in [4.78, 5) is 13.1. The van der Waals surface area contributed by atoms with E-state index < -0.39 is 9.05 Å². The summed E-state index contributed by atoms with van der Waals surface area (Å²) < 4.78 is 28.4. The van der Waals surface area contributed by atoms with Crippen molar-refractivity contribution in [2.45, 2.75) is 31.3 Å². The second kappa shape index (κ2) is 5.02. The Bertz CT molecular complexity index is 614. The van der Waals surface area contributed by atoms with Crippen LogP contribution >= 0.6 is 10.7 Å². The summed E-state index contributed by atoms with van der Waals surface area (Å²) in [5.41, 5.74) is 0.443. The highest BCUT2D eigenvalue weighted by atomic mass is 35.7. The van der Waals surface area contributed by atoms with E-state index in [4.69, 9.17) is 15.4 Å². The minimum absolute atomic E-state index is 0.0438. The summed E-state index contributed by atoms with van der Waals surface area (Å²) in [5.74, 6) is 0.337. The van der Waals surface area contributed by atoms with Gasteiger partial charge in [0, 0.05) is 17.6 Å². The molecule has 1 amide bonds. The Morgan fingerprint density at radius 1 is 1.53 bits per heavy atom. The van der Waals surface area contributed by atoms with E-state index in [0.717, 1.165) is 6.42 Å². The molecular weight excluding hydrogens is 290 g/mol. The fourth-order valence-corrected chi connectivity index (χ4v) is 2.76. The lowest BCUT2D eigenvalue weighted by Crippen LogP contribution is -2.42. The molecule has 0 bridgehead atoms. The van der Waals surface area contributed by atoms with E-state index in [9.17, 15) is 13.2 Å². The largest absolute Gasteiger partial charge is 0.486 e. The van der Waals surface area contributed by atoms with E-state index in [1.54, 1.807) is 0 Å². The summed E-state index contributed by atoms with van der Waals surface area (Å²) in [6, 6.07) is 4.27. The summed E-state index contributed by atoms with van der Waals surface area (Å²) >= 11 is 0. The van der Waals surface area contributed by atoms with Crippen molar-refractivity contribution in [1.82, 2.24) is 0 Å². The van der Waals surface area contributed by atoms with Crippen LogP contribution in [0.5, 0.6) is 5.75 Å². The number of hydrogen-bond acceptors (Lipinski definition) is 4. The topological polar surface area (TPSA) is 63.7 Å². The van der Waals surface area contributed by atoms with Crippen LogP contribution in [0.3, 0.4) is 0 Å². The van der Waals surface area contributed by atoms with Crippen LogP contribution in [0.4, 0.5) is 5.69 Å². The Hall–Kier alpha value is -1.27. The van der Waals surface area contributed by atoms with E-state index in [2.05, 4.69) is 0 Å². The third-order valence-corrected chi connectivity index (χ3v) is 4.37. The molecule has 0 spiro atoms. The number of benzene rings is 1. The van der Waals surface area contributed by atoms with Crippen LogP contribution in [0.2, 0.25) is 0 Å². The SMILES string of the molecule is CCC1CN(C(C)=O)c2cc(S(=O)(=O)Cl)ccc2O1. The second-order valence-electron chi connectivity index (χ2n) is 4.35. The fraction of sp³-hybridized carbons (Fsp3) is 0.417. The van der Waals surface area contributed by atoms with Gasteiger partial charge in [-0.25, -0.2) is 8.42 Å². The molecule has 7 heteroatoms. The molecule has 19 heavy (non-hydrogen) atoms. The number of rotatable bonds is 2. The van der Waals surface area contributed by atoms with E-state index in [1.165, 1.54) is 30.0 Å². The highest BCUT2D eigenvalue weighted by molar-refractivity contribution is 8.13. The molecule has 1 aromatic carbocycles. The summed E-state index contributed by atoms with van der Waals surface area (Å²) in [6.45, 7) is 3.81. The Morgan fingerprint density at radius 3 is 2.74 bits per heavy atom. The van der Waals surface area contributed by atoms with E-state index in [0.29, 0.717) is 18.0 Å². The van der Waals surface area contributed by atoms with Crippen molar-refractivity contribution >= 4 is 31.3 Å². The van der Waals surface area contributed by atoms with Crippen molar-refractivity contribution in [2.75, 3.05) is 11.4 Å². The van der Waals surface area contributed by atoms with Gasteiger partial charge in [0.2, 0.25) is 5.91 Å². The normalized spacial score (nSPS) is 18.7. The number of amides is 1. The molecule has 1 aliphatic heterocycles. The Labute approximate surface area is 116 Å². The first kappa shape index (κ1) is 14.1. The van der Waals surface area contributed by atoms with Gasteiger partial charge in [-0.1, -0.05) is 6.92 Å². The fourth-order valence-electron chi connectivity index (χ4n) is 1.99. The number of fused-ring (bicyclic) bond motifs is 1. The lowest BCUT2D eigenvalue weighted by atomic mass is 10.1. The molecule has 5 nitrogen and oxygen atoms in total. The molecule has 0 aliphatic carbocycles. The first-order valence-electron chi connectivity index (χ1n) is 5.86. The van der Waals surface area contributed by atoms with Gasteiger partial charge in [0.1, 0.15) is 11.9 Å². The number of carbonyl (C=O) groups excluding carboxylic acids is 1. The first-order chi connectivity index (χ1) is 8.82. The molecule has 1 unspecified atom stereocenters. The maximum atomic E-state index is 11.7. The van der Waals surface area contributed by atoms with Crippen LogP contribution in [0, 0.1) is 0 Å². The molecule has 1 aliphatic rings. The zero-order valence-corrected chi connectivity index (χ0v) is 12.2. The van der Waals surface area contributed by atoms with Crippen molar-refractivity contribution in [2.24, 2.45) is 0 Å². The van der Waals surface area contributed by atoms with Gasteiger partial charge in [0.25, 0.3) is 9.05 Å². The smallest absolute Gasteiger partial charge is 0.261 e. The van der Waals surface area contributed by atoms with Gasteiger partial charge in [-0.15, -0.1) is 0 Å². The third-order valence-electron chi connectivity index (χ3n) is 3.02. The van der Waals surface area contributed by atoms with Gasteiger partial charge >= 0.3 is 0 Å². The zero-order valence-electron chi connectivity index (χ0n) is 10.6. The molecule has 2 rings (SSSR count). The molecule has 0 saturated heterocycles. The van der Waals surface area contributed by atoms with Gasteiger partial charge < -0.3 is 9.64 Å². The Balaban J connectivity index is 2.52. The maximum Gasteiger partial charge on any atom is 0.261 e. The molecule has 0 N–H and O–H groups in total. The van der Waals surface area contributed by atoms with Crippen LogP contribution in [0.15, 0.2) is 23.1 Å². The molecule has 0 saturated carbocycles. The van der Waals surface area contributed by atoms with Crippen molar-refractivity contribution in [3.8, 4) is 5.75 Å². The van der Waals surface area contributed by atoms with Crippen LogP contribution in [-0.4, -0.2) is 27.0 Å². The summed E-state index contributed by atoms with van der Waals surface area (Å²) in [6.07, 6.45) is 0.675. The second-order valence-corrected chi connectivity index (χ2v) is 6.91. The Kier molecular flexibility index (Phi) is 3.73. The lowest BCUT2D eigenvalue weighted by Gasteiger charge is -2.34. The number of ether oxygens (including phenoxy) is 1. The minimum Gasteiger partial charge on any atom is -0.486 e. The van der Waals surface area contributed by atoms with E-state index >= 15 is 0 Å². The van der Waals surface area contributed by atoms with Crippen LogP contribution in [0.1, 0.15) is 20.3 Å². The molecule has 0 radical (unpaired) electrons. The minimum atomic E-state index is -3.83. The van der Waals surface area contributed by atoms with Crippen LogP contribution in [0.25, 0.3) is 0 Å². The van der Waals surface area contributed by atoms with Gasteiger partial charge in [0.15, 0.2) is 0 Å². The molecule has 1 aromatic rings. The number of halogens is 1. The molecule has 104 valence electrons. The monoisotopic (exact) mass is 303 g/mol. The Morgan fingerprint density at radius 2 is 2.21 bits per heavy atom. The van der Waals surface area contributed by atoms with Gasteiger partial charge in [-0.3, -0.25) is 4.79 Å². The number of carbonyl (C=O) groups is 1. The molecular formula is C12H14ClNO4S. The van der Waals surface area contributed by atoms with E-state index in [-0.39, 0.29) is 16.9 Å². The highest BCUT2D eigenvalue weighted by Crippen LogP contribution is 2.36. The van der Waals surface area contributed by atoms with Crippen molar-refractivity contribution in [3.05, 3.63) is 18.2 Å². The number of anilines is 1. The van der Waals surface area contributed by atoms with Crippen LogP contribution in [-0.2, 0) is 13.8 Å². The third kappa shape index (κ3) is 2.84. The first-order valence-corrected chi connectivity index (χ1v) is 8.17. The van der Waals surface area contributed by atoms with Crippen molar-refractivity contribution in [3.63, 3.8) is 0 Å². The standard InChI is InChI=1S/C12H14ClNO4S/c1-3-9-7-14(8(2)15)11-6-10(19(13,16)17)4-5-12(11)18-9/h4-6,9H,3,7H2,1-2H3. The predicted molar refractivity (Wildman–Crippen MR) is 72.2 cm³/mol. The highest BCUT2D eigenvalue weighted by Gasteiger charge is 2.28. The van der Waals surface area contributed by atoms with E-state index in [1.807, 2.05) is 6.92 Å². The molecule has 0 fully saturated rings. The predicted octanol–water partition coefficient (Wildman–Crippen LogP) is 2.14. The van der Waals surface area contributed by atoms with Crippen molar-refractivity contribution in [1.29, 1.82) is 0 Å². The van der Waals surface area contributed by atoms with Gasteiger partial charge in [0.05, 0.1) is 17.1 Å². The van der Waals surface area contributed by atoms with Crippen LogP contribution < -0.4 is 9.64 Å².